The zero-order valence-corrected chi connectivity index (χ0v) is 27.8. The van der Waals surface area contributed by atoms with Crippen LogP contribution in [0.1, 0.15) is 0 Å². The first kappa shape index (κ1) is 29.1. The first-order chi connectivity index (χ1) is 25.3. The normalized spacial score (nSPS) is 11.5. The van der Waals surface area contributed by atoms with Crippen molar-refractivity contribution in [3.8, 4) is 27.9 Å². The van der Waals surface area contributed by atoms with Gasteiger partial charge in [-0.25, -0.2) is 0 Å². The Morgan fingerprint density at radius 3 is 1.88 bits per heavy atom. The van der Waals surface area contributed by atoms with Crippen LogP contribution in [0.15, 0.2) is 199 Å². The summed E-state index contributed by atoms with van der Waals surface area (Å²) in [5, 5.41) is 4.59. The van der Waals surface area contributed by atoms with Crippen molar-refractivity contribution in [2.75, 3.05) is 4.90 Å². The first-order valence-corrected chi connectivity index (χ1v) is 17.4. The highest BCUT2D eigenvalue weighted by molar-refractivity contribution is 6.15. The van der Waals surface area contributed by atoms with Crippen molar-refractivity contribution in [2.45, 2.75) is 0 Å². The Hall–Kier alpha value is -6.84. The van der Waals surface area contributed by atoms with E-state index in [0.717, 1.165) is 61.3 Å². The van der Waals surface area contributed by atoms with Gasteiger partial charge in [-0.3, -0.25) is 0 Å². The van der Waals surface area contributed by atoms with Crippen molar-refractivity contribution in [2.24, 2.45) is 0 Å². The third kappa shape index (κ3) is 4.82. The molecule has 0 unspecified atom stereocenters. The third-order valence-electron chi connectivity index (χ3n) is 9.98. The molecule has 0 N–H and O–H groups in total. The van der Waals surface area contributed by atoms with Crippen molar-refractivity contribution in [1.29, 1.82) is 0 Å². The number of furan rings is 1. The Morgan fingerprint density at radius 1 is 0.392 bits per heavy atom. The molecule has 0 amide bonds. The van der Waals surface area contributed by atoms with Crippen LogP contribution in [0, 0.1) is 0 Å². The van der Waals surface area contributed by atoms with Gasteiger partial charge in [0.05, 0.1) is 27.8 Å². The highest BCUT2D eigenvalue weighted by atomic mass is 16.3. The average Bonchev–Trinajstić information content (AvgIpc) is 3.75. The topological polar surface area (TPSA) is 21.3 Å². The SMILES string of the molecule is c1ccc(-c2ccc3c4cc(N(c5ccccc5-c5ccccc5)c5cccc6oc7ccccc7c56)ccc4n(-c4ccccc4)c3c2)cc1. The van der Waals surface area contributed by atoms with Gasteiger partial charge in [-0.15, -0.1) is 0 Å². The van der Waals surface area contributed by atoms with Crippen molar-refractivity contribution in [3.05, 3.63) is 194 Å². The van der Waals surface area contributed by atoms with Gasteiger partial charge in [0, 0.05) is 33.1 Å². The molecule has 10 rings (SSSR count). The van der Waals surface area contributed by atoms with Gasteiger partial charge in [0.2, 0.25) is 0 Å². The van der Waals surface area contributed by atoms with E-state index in [4.69, 9.17) is 4.42 Å². The Labute approximate surface area is 295 Å². The van der Waals surface area contributed by atoms with E-state index < -0.39 is 0 Å². The number of anilines is 3. The van der Waals surface area contributed by atoms with Gasteiger partial charge >= 0.3 is 0 Å². The number of aromatic nitrogens is 1. The molecule has 8 aromatic carbocycles. The van der Waals surface area contributed by atoms with Crippen LogP contribution in [0.5, 0.6) is 0 Å². The molecule has 0 radical (unpaired) electrons. The highest BCUT2D eigenvalue weighted by Crippen LogP contribution is 2.47. The van der Waals surface area contributed by atoms with Crippen molar-refractivity contribution in [3.63, 3.8) is 0 Å². The van der Waals surface area contributed by atoms with Crippen LogP contribution < -0.4 is 4.90 Å². The molecule has 0 aliphatic heterocycles. The largest absolute Gasteiger partial charge is 0.456 e. The Kier molecular flexibility index (Phi) is 6.81. The van der Waals surface area contributed by atoms with Crippen LogP contribution in [0.4, 0.5) is 17.1 Å². The molecule has 0 spiro atoms. The summed E-state index contributed by atoms with van der Waals surface area (Å²) < 4.78 is 8.82. The average molecular weight is 653 g/mol. The molecule has 3 heteroatoms. The monoisotopic (exact) mass is 652 g/mol. The number of fused-ring (bicyclic) bond motifs is 6. The molecule has 0 saturated heterocycles. The Bertz CT molecular complexity index is 2850. The summed E-state index contributed by atoms with van der Waals surface area (Å²) in [6.07, 6.45) is 0. The molecule has 0 saturated carbocycles. The number of nitrogens with zero attached hydrogens (tertiary/aromatic N) is 2. The van der Waals surface area contributed by atoms with Crippen molar-refractivity contribution in [1.82, 2.24) is 4.57 Å². The summed E-state index contributed by atoms with van der Waals surface area (Å²) in [5.41, 5.74) is 13.2. The van der Waals surface area contributed by atoms with Crippen LogP contribution in [0.3, 0.4) is 0 Å². The second-order valence-electron chi connectivity index (χ2n) is 12.9. The van der Waals surface area contributed by atoms with Crippen molar-refractivity contribution >= 4 is 60.8 Å². The second kappa shape index (κ2) is 11.9. The molecule has 2 heterocycles. The number of benzene rings is 8. The van der Waals surface area contributed by atoms with E-state index in [1.807, 2.05) is 6.07 Å². The molecule has 0 aliphatic carbocycles. The summed E-state index contributed by atoms with van der Waals surface area (Å²) in [5.74, 6) is 0. The Morgan fingerprint density at radius 2 is 1.06 bits per heavy atom. The first-order valence-electron chi connectivity index (χ1n) is 17.4. The van der Waals surface area contributed by atoms with E-state index in [9.17, 15) is 0 Å². The van der Waals surface area contributed by atoms with E-state index in [1.54, 1.807) is 0 Å². The maximum Gasteiger partial charge on any atom is 0.137 e. The van der Waals surface area contributed by atoms with E-state index in [0.29, 0.717) is 0 Å². The minimum absolute atomic E-state index is 0.867. The lowest BCUT2D eigenvalue weighted by molar-refractivity contribution is 0.669. The molecular weight excluding hydrogens is 621 g/mol. The van der Waals surface area contributed by atoms with Crippen LogP contribution in [-0.4, -0.2) is 4.57 Å². The maximum atomic E-state index is 6.43. The van der Waals surface area contributed by atoms with Gasteiger partial charge in [0.25, 0.3) is 0 Å². The fourth-order valence-electron chi connectivity index (χ4n) is 7.69. The summed E-state index contributed by atoms with van der Waals surface area (Å²) in [6.45, 7) is 0. The third-order valence-corrected chi connectivity index (χ3v) is 9.98. The number of hydrogen-bond donors (Lipinski definition) is 0. The van der Waals surface area contributed by atoms with Gasteiger partial charge in [-0.05, 0) is 77.4 Å². The number of para-hydroxylation sites is 3. The zero-order chi connectivity index (χ0) is 33.7. The molecule has 0 atom stereocenters. The van der Waals surface area contributed by atoms with E-state index in [1.165, 1.54) is 27.4 Å². The van der Waals surface area contributed by atoms with Crippen LogP contribution >= 0.6 is 0 Å². The van der Waals surface area contributed by atoms with Gasteiger partial charge < -0.3 is 13.9 Å². The summed E-state index contributed by atoms with van der Waals surface area (Å²) in [4.78, 5) is 2.41. The minimum atomic E-state index is 0.867. The molecular formula is C48H32N2O. The van der Waals surface area contributed by atoms with Crippen LogP contribution in [0.2, 0.25) is 0 Å². The van der Waals surface area contributed by atoms with Crippen LogP contribution in [-0.2, 0) is 0 Å². The van der Waals surface area contributed by atoms with Crippen LogP contribution in [0.25, 0.3) is 71.7 Å². The maximum absolute atomic E-state index is 6.43. The molecule has 0 aliphatic rings. The lowest BCUT2D eigenvalue weighted by Crippen LogP contribution is -2.11. The van der Waals surface area contributed by atoms with Gasteiger partial charge in [0.15, 0.2) is 0 Å². The lowest BCUT2D eigenvalue weighted by Gasteiger charge is -2.28. The van der Waals surface area contributed by atoms with Gasteiger partial charge in [-0.1, -0.05) is 133 Å². The predicted octanol–water partition coefficient (Wildman–Crippen LogP) is 13.5. The van der Waals surface area contributed by atoms with E-state index in [2.05, 4.69) is 198 Å². The van der Waals surface area contributed by atoms with Gasteiger partial charge in [-0.2, -0.15) is 0 Å². The lowest BCUT2D eigenvalue weighted by atomic mass is 10.0. The minimum Gasteiger partial charge on any atom is -0.456 e. The molecule has 0 bridgehead atoms. The van der Waals surface area contributed by atoms with E-state index in [-0.39, 0.29) is 0 Å². The molecule has 10 aromatic rings. The highest BCUT2D eigenvalue weighted by Gasteiger charge is 2.23. The van der Waals surface area contributed by atoms with E-state index >= 15 is 0 Å². The number of hydrogen-bond acceptors (Lipinski definition) is 2. The molecule has 3 nitrogen and oxygen atoms in total. The number of rotatable bonds is 6. The predicted molar refractivity (Wildman–Crippen MR) is 214 cm³/mol. The van der Waals surface area contributed by atoms with Gasteiger partial charge in [0.1, 0.15) is 11.2 Å². The fourth-order valence-corrected chi connectivity index (χ4v) is 7.69. The summed E-state index contributed by atoms with van der Waals surface area (Å²) in [7, 11) is 0. The standard InChI is InChI=1S/C48H32N2O/c1-4-15-33(16-5-1)35-27-29-39-41-32-37(28-30-43(41)49(45(39)31-35)36-19-8-3-9-20-36)50(42-23-12-10-21-38(42)34-17-6-2-7-18-34)44-24-14-26-47-48(44)40-22-11-13-25-46(40)51-47/h1-32H. The molecule has 2 aromatic heterocycles. The summed E-state index contributed by atoms with van der Waals surface area (Å²) in [6, 6.07) is 69.2. The summed E-state index contributed by atoms with van der Waals surface area (Å²) >= 11 is 0. The molecule has 0 fully saturated rings. The molecule has 51 heavy (non-hydrogen) atoms. The van der Waals surface area contributed by atoms with Crippen molar-refractivity contribution < 1.29 is 4.42 Å². The smallest absolute Gasteiger partial charge is 0.137 e. The molecule has 240 valence electrons. The Balaban J connectivity index is 1.27. The quantitative estimate of drug-likeness (QED) is 0.178. The zero-order valence-electron chi connectivity index (χ0n) is 27.8. The second-order valence-corrected chi connectivity index (χ2v) is 12.9. The fraction of sp³-hybridized carbons (Fsp3) is 0.